The third-order valence-electron chi connectivity index (χ3n) is 11.0. The van der Waals surface area contributed by atoms with Crippen molar-refractivity contribution in [2.45, 2.75) is 43.7 Å². The molecular formula is C42H44N4O6. The molecule has 0 spiro atoms. The van der Waals surface area contributed by atoms with E-state index in [0.717, 1.165) is 73.2 Å². The SMILES string of the molecule is COc1ccc2c(c1)OC[C@H](c1ccccc1)[C@@H]2c1ccc(OCCCN2CCN(c3ccc4c(c3)CN(C3CCC(=O)NC3=O)C4=O)CC2)cc1. The van der Waals surface area contributed by atoms with Crippen molar-refractivity contribution in [3.63, 3.8) is 0 Å². The molecule has 0 aliphatic carbocycles. The molecule has 4 heterocycles. The van der Waals surface area contributed by atoms with Crippen molar-refractivity contribution >= 4 is 23.4 Å². The molecule has 2 saturated heterocycles. The fourth-order valence-corrected chi connectivity index (χ4v) is 8.15. The molecule has 8 rings (SSSR count). The van der Waals surface area contributed by atoms with Gasteiger partial charge in [-0.2, -0.15) is 0 Å². The van der Waals surface area contributed by atoms with Crippen LogP contribution in [0.25, 0.3) is 0 Å². The van der Waals surface area contributed by atoms with Crippen LogP contribution in [0, 0.1) is 0 Å². The van der Waals surface area contributed by atoms with Crippen molar-refractivity contribution in [3.8, 4) is 17.2 Å². The number of methoxy groups -OCH3 is 1. The number of piperidine rings is 1. The van der Waals surface area contributed by atoms with Gasteiger partial charge in [-0.1, -0.05) is 48.5 Å². The quantitative estimate of drug-likeness (QED) is 0.175. The summed E-state index contributed by atoms with van der Waals surface area (Å²) in [5.41, 5.74) is 6.34. The Morgan fingerprint density at radius 2 is 1.63 bits per heavy atom. The Morgan fingerprint density at radius 3 is 2.40 bits per heavy atom. The molecule has 2 fully saturated rings. The molecule has 4 aromatic carbocycles. The topological polar surface area (TPSA) is 101 Å². The van der Waals surface area contributed by atoms with Crippen molar-refractivity contribution in [3.05, 3.63) is 119 Å². The van der Waals surface area contributed by atoms with E-state index in [9.17, 15) is 14.4 Å². The Balaban J connectivity index is 0.826. The number of carbonyl (C=O) groups is 3. The van der Waals surface area contributed by atoms with Gasteiger partial charge in [0, 0.05) is 80.4 Å². The number of rotatable bonds is 10. The standard InChI is InChI=1S/C42H44N4O6/c1-50-33-13-15-35-38(25-33)52-27-36(28-6-3-2-4-7-28)40(35)29-8-11-32(12-9-29)51-23-5-18-44-19-21-45(22-20-44)31-10-14-34-30(24-31)26-46(42(34)49)37-16-17-39(47)43-41(37)48/h2-4,6-15,24-25,36-37,40H,5,16-23,26-27H2,1H3,(H,43,47,48)/t36-,37?,40-/m1/s1. The first-order valence-corrected chi connectivity index (χ1v) is 18.3. The molecule has 52 heavy (non-hydrogen) atoms. The molecular weight excluding hydrogens is 656 g/mol. The molecule has 4 aromatic rings. The van der Waals surface area contributed by atoms with E-state index >= 15 is 0 Å². The number of benzene rings is 4. The van der Waals surface area contributed by atoms with Crippen molar-refractivity contribution in [1.82, 2.24) is 15.1 Å². The smallest absolute Gasteiger partial charge is 0.255 e. The lowest BCUT2D eigenvalue weighted by Crippen LogP contribution is -2.52. The Morgan fingerprint density at radius 1 is 0.846 bits per heavy atom. The van der Waals surface area contributed by atoms with Gasteiger partial charge in [-0.15, -0.1) is 0 Å². The minimum absolute atomic E-state index is 0.137. The lowest BCUT2D eigenvalue weighted by Gasteiger charge is -2.36. The highest BCUT2D eigenvalue weighted by Gasteiger charge is 2.39. The van der Waals surface area contributed by atoms with Gasteiger partial charge >= 0.3 is 0 Å². The molecule has 1 N–H and O–H groups in total. The number of hydrogen-bond donors (Lipinski definition) is 1. The second-order valence-corrected chi connectivity index (χ2v) is 14.1. The first-order chi connectivity index (χ1) is 25.4. The molecule has 268 valence electrons. The van der Waals surface area contributed by atoms with E-state index in [0.29, 0.717) is 31.7 Å². The summed E-state index contributed by atoms with van der Waals surface area (Å²) in [6.45, 7) is 6.31. The Labute approximate surface area is 304 Å². The lowest BCUT2D eigenvalue weighted by atomic mass is 9.76. The first kappa shape index (κ1) is 33.8. The van der Waals surface area contributed by atoms with Gasteiger partial charge in [0.25, 0.3) is 5.91 Å². The third-order valence-corrected chi connectivity index (χ3v) is 11.0. The zero-order valence-corrected chi connectivity index (χ0v) is 29.5. The largest absolute Gasteiger partial charge is 0.497 e. The summed E-state index contributed by atoms with van der Waals surface area (Å²) in [5.74, 6) is 2.09. The van der Waals surface area contributed by atoms with Crippen LogP contribution in [0.2, 0.25) is 0 Å². The molecule has 3 atom stereocenters. The number of ether oxygens (including phenoxy) is 3. The second kappa shape index (κ2) is 14.7. The highest BCUT2D eigenvalue weighted by atomic mass is 16.5. The molecule has 4 aliphatic heterocycles. The zero-order valence-electron chi connectivity index (χ0n) is 29.5. The van der Waals surface area contributed by atoms with Crippen LogP contribution in [0.1, 0.15) is 63.7 Å². The maximum Gasteiger partial charge on any atom is 0.255 e. The lowest BCUT2D eigenvalue weighted by molar-refractivity contribution is -0.136. The number of piperazine rings is 1. The van der Waals surface area contributed by atoms with Crippen LogP contribution in [-0.2, 0) is 16.1 Å². The molecule has 0 radical (unpaired) electrons. The highest BCUT2D eigenvalue weighted by molar-refractivity contribution is 6.05. The van der Waals surface area contributed by atoms with Crippen LogP contribution in [0.15, 0.2) is 91.0 Å². The third kappa shape index (κ3) is 6.82. The normalized spacial score (nSPS) is 21.6. The van der Waals surface area contributed by atoms with Gasteiger partial charge in [0.2, 0.25) is 11.8 Å². The summed E-state index contributed by atoms with van der Waals surface area (Å²) in [5, 5.41) is 2.37. The minimum Gasteiger partial charge on any atom is -0.497 e. The van der Waals surface area contributed by atoms with Crippen LogP contribution >= 0.6 is 0 Å². The van der Waals surface area contributed by atoms with Crippen LogP contribution < -0.4 is 24.4 Å². The summed E-state index contributed by atoms with van der Waals surface area (Å²) in [4.78, 5) is 43.6. The van der Waals surface area contributed by atoms with E-state index in [2.05, 4.69) is 81.8 Å². The molecule has 4 aliphatic rings. The van der Waals surface area contributed by atoms with Gasteiger partial charge in [0.1, 0.15) is 23.3 Å². The number of nitrogens with one attached hydrogen (secondary N) is 1. The number of carbonyl (C=O) groups excluding carboxylic acids is 3. The van der Waals surface area contributed by atoms with Gasteiger partial charge in [-0.05, 0) is 65.9 Å². The van der Waals surface area contributed by atoms with Gasteiger partial charge < -0.3 is 24.0 Å². The van der Waals surface area contributed by atoms with E-state index in [1.807, 2.05) is 24.3 Å². The van der Waals surface area contributed by atoms with Gasteiger partial charge in [0.05, 0.1) is 20.3 Å². The van der Waals surface area contributed by atoms with Gasteiger partial charge in [-0.25, -0.2) is 0 Å². The first-order valence-electron chi connectivity index (χ1n) is 18.3. The zero-order chi connectivity index (χ0) is 35.6. The number of anilines is 1. The summed E-state index contributed by atoms with van der Waals surface area (Å²) in [6, 6.07) is 30.7. The number of fused-ring (bicyclic) bond motifs is 2. The summed E-state index contributed by atoms with van der Waals surface area (Å²) in [7, 11) is 1.68. The summed E-state index contributed by atoms with van der Waals surface area (Å²) >= 11 is 0. The molecule has 10 heteroatoms. The maximum atomic E-state index is 13.1. The van der Waals surface area contributed by atoms with Crippen LogP contribution in [0.3, 0.4) is 0 Å². The van der Waals surface area contributed by atoms with Gasteiger partial charge in [-0.3, -0.25) is 24.6 Å². The molecule has 0 aromatic heterocycles. The number of hydrogen-bond acceptors (Lipinski definition) is 8. The molecule has 0 bridgehead atoms. The summed E-state index contributed by atoms with van der Waals surface area (Å²) in [6.07, 6.45) is 1.56. The Kier molecular flexibility index (Phi) is 9.56. The average Bonchev–Trinajstić information content (AvgIpc) is 3.51. The Bertz CT molecular complexity index is 1940. The fraction of sp³-hybridized carbons (Fsp3) is 0.357. The van der Waals surface area contributed by atoms with Crippen LogP contribution in [0.5, 0.6) is 17.2 Å². The van der Waals surface area contributed by atoms with E-state index in [1.54, 1.807) is 12.0 Å². The average molecular weight is 701 g/mol. The van der Waals surface area contributed by atoms with Gasteiger partial charge in [0.15, 0.2) is 0 Å². The molecule has 0 saturated carbocycles. The Hall–Kier alpha value is -5.35. The van der Waals surface area contributed by atoms with Crippen molar-refractivity contribution in [2.24, 2.45) is 0 Å². The summed E-state index contributed by atoms with van der Waals surface area (Å²) < 4.78 is 17.9. The van der Waals surface area contributed by atoms with Crippen LogP contribution in [-0.4, -0.2) is 86.6 Å². The van der Waals surface area contributed by atoms with E-state index < -0.39 is 6.04 Å². The minimum atomic E-state index is -0.596. The van der Waals surface area contributed by atoms with Crippen molar-refractivity contribution in [1.29, 1.82) is 0 Å². The molecule has 1 unspecified atom stereocenters. The van der Waals surface area contributed by atoms with Crippen molar-refractivity contribution < 1.29 is 28.6 Å². The monoisotopic (exact) mass is 700 g/mol. The molecule has 3 amide bonds. The van der Waals surface area contributed by atoms with E-state index in [-0.39, 0.29) is 36.0 Å². The fourth-order valence-electron chi connectivity index (χ4n) is 8.15. The maximum absolute atomic E-state index is 13.1. The highest BCUT2D eigenvalue weighted by Crippen LogP contribution is 2.47. The predicted molar refractivity (Wildman–Crippen MR) is 197 cm³/mol. The van der Waals surface area contributed by atoms with E-state index in [1.165, 1.54) is 11.1 Å². The van der Waals surface area contributed by atoms with Crippen molar-refractivity contribution in [2.75, 3.05) is 57.9 Å². The predicted octanol–water partition coefficient (Wildman–Crippen LogP) is 5.36. The number of imide groups is 1. The number of nitrogens with zero attached hydrogens (tertiary/aromatic N) is 3. The number of amides is 3. The van der Waals surface area contributed by atoms with Crippen LogP contribution in [0.4, 0.5) is 5.69 Å². The molecule has 10 nitrogen and oxygen atoms in total. The second-order valence-electron chi connectivity index (χ2n) is 14.1. The van der Waals surface area contributed by atoms with E-state index in [4.69, 9.17) is 14.2 Å².